The van der Waals surface area contributed by atoms with Gasteiger partial charge in [0.1, 0.15) is 14.2 Å². The highest BCUT2D eigenvalue weighted by Crippen LogP contribution is 2.46. The third-order valence-electron chi connectivity index (χ3n) is 5.71. The maximum absolute atomic E-state index is 13.4. The molecule has 1 aliphatic rings. The largest absolute Gasteiger partial charge is 0.337 e. The van der Waals surface area contributed by atoms with Crippen LogP contribution in [0.1, 0.15) is 17.5 Å². The SMILES string of the molecule is CCn1c(=O)/c(=C2\Sc3cc(Cl)ccc3N2C)s/c1=C\c1scc[n+]1Cc1ccccc1[N+](=O)[O-]. The Bertz CT molecular complexity index is 1640. The quantitative estimate of drug-likeness (QED) is 0.216. The molecule has 5 rings (SSSR count). The van der Waals surface area contributed by atoms with Gasteiger partial charge in [0.2, 0.25) is 0 Å². The zero-order valence-corrected chi connectivity index (χ0v) is 22.0. The maximum atomic E-state index is 13.4. The third kappa shape index (κ3) is 4.42. The first-order valence-corrected chi connectivity index (χ1v) is 13.6. The summed E-state index contributed by atoms with van der Waals surface area (Å²) in [6.07, 6.45) is 3.90. The van der Waals surface area contributed by atoms with E-state index in [2.05, 4.69) is 0 Å². The minimum Gasteiger partial charge on any atom is -0.337 e. The normalized spacial score (nSPS) is 15.1. The number of benzene rings is 2. The lowest BCUT2D eigenvalue weighted by atomic mass is 10.2. The molecule has 1 aliphatic heterocycles. The van der Waals surface area contributed by atoms with Crippen molar-refractivity contribution in [3.8, 4) is 0 Å². The molecule has 0 amide bonds. The van der Waals surface area contributed by atoms with Gasteiger partial charge >= 0.3 is 0 Å². The van der Waals surface area contributed by atoms with Gasteiger partial charge in [-0.3, -0.25) is 19.5 Å². The number of halogens is 1. The number of rotatable bonds is 5. The molecule has 0 saturated heterocycles. The summed E-state index contributed by atoms with van der Waals surface area (Å²) in [6, 6.07) is 12.5. The van der Waals surface area contributed by atoms with Crippen molar-refractivity contribution in [2.75, 3.05) is 11.9 Å². The Balaban J connectivity index is 1.60. The molecule has 0 unspecified atom stereocenters. The monoisotopic (exact) mass is 543 g/mol. The van der Waals surface area contributed by atoms with Crippen molar-refractivity contribution in [1.29, 1.82) is 0 Å². The molecule has 0 saturated carbocycles. The van der Waals surface area contributed by atoms with E-state index in [-0.39, 0.29) is 16.2 Å². The molecule has 2 aromatic carbocycles. The van der Waals surface area contributed by atoms with Gasteiger partial charge in [-0.15, -0.1) is 11.3 Å². The number of hydrogen-bond donors (Lipinski definition) is 0. The number of thioether (sulfide) groups is 1. The molecular formula is C24H20ClN4O3S3+. The summed E-state index contributed by atoms with van der Waals surface area (Å²) in [5.41, 5.74) is 1.72. The molecule has 11 heteroatoms. The fourth-order valence-corrected chi connectivity index (χ4v) is 7.56. The molecule has 2 aromatic heterocycles. The van der Waals surface area contributed by atoms with E-state index in [1.165, 1.54) is 28.7 Å². The first-order valence-electron chi connectivity index (χ1n) is 10.7. The van der Waals surface area contributed by atoms with Gasteiger partial charge in [-0.1, -0.05) is 46.8 Å². The molecule has 7 nitrogen and oxygen atoms in total. The van der Waals surface area contributed by atoms with Crippen molar-refractivity contribution in [2.45, 2.75) is 24.9 Å². The van der Waals surface area contributed by atoms with Crippen LogP contribution >= 0.6 is 46.0 Å². The first-order chi connectivity index (χ1) is 16.9. The molecule has 3 heterocycles. The number of hydrogen-bond acceptors (Lipinski definition) is 7. The highest BCUT2D eigenvalue weighted by atomic mass is 35.5. The second kappa shape index (κ2) is 9.62. The lowest BCUT2D eigenvalue weighted by Crippen LogP contribution is -2.36. The maximum Gasteiger partial charge on any atom is 0.278 e. The molecular weight excluding hydrogens is 524 g/mol. The van der Waals surface area contributed by atoms with Crippen LogP contribution in [-0.4, -0.2) is 16.5 Å². The van der Waals surface area contributed by atoms with E-state index >= 15 is 0 Å². The number of nitro groups is 1. The van der Waals surface area contributed by atoms with Crippen LogP contribution < -0.4 is 24.2 Å². The Labute approximate surface area is 218 Å². The topological polar surface area (TPSA) is 72.3 Å². The minimum absolute atomic E-state index is 0.0289. The lowest BCUT2D eigenvalue weighted by Gasteiger charge is -2.12. The summed E-state index contributed by atoms with van der Waals surface area (Å²) in [5.74, 6) is 0. The van der Waals surface area contributed by atoms with E-state index in [1.54, 1.807) is 34.5 Å². The summed E-state index contributed by atoms with van der Waals surface area (Å²) in [7, 11) is 1.96. The summed E-state index contributed by atoms with van der Waals surface area (Å²) < 4.78 is 5.26. The van der Waals surface area contributed by atoms with Crippen LogP contribution in [0.5, 0.6) is 0 Å². The fourth-order valence-electron chi connectivity index (χ4n) is 3.97. The van der Waals surface area contributed by atoms with Crippen LogP contribution in [0.25, 0.3) is 11.1 Å². The van der Waals surface area contributed by atoms with Gasteiger partial charge in [-0.05, 0) is 31.2 Å². The molecule has 0 radical (unpaired) electrons. The smallest absolute Gasteiger partial charge is 0.278 e. The molecule has 0 aliphatic carbocycles. The Morgan fingerprint density at radius 3 is 2.80 bits per heavy atom. The van der Waals surface area contributed by atoms with E-state index in [0.29, 0.717) is 28.2 Å². The third-order valence-corrected chi connectivity index (χ3v) is 9.26. The number of thiazole rings is 2. The number of anilines is 1. The second-order valence-electron chi connectivity index (χ2n) is 7.80. The van der Waals surface area contributed by atoms with Gasteiger partial charge in [0.05, 0.1) is 27.6 Å². The van der Waals surface area contributed by atoms with Crippen LogP contribution in [0.4, 0.5) is 11.4 Å². The molecule has 0 atom stereocenters. The van der Waals surface area contributed by atoms with Crippen molar-refractivity contribution in [3.05, 3.63) is 99.3 Å². The number of fused-ring (bicyclic) bond motifs is 1. The zero-order valence-electron chi connectivity index (χ0n) is 18.8. The van der Waals surface area contributed by atoms with Crippen molar-refractivity contribution in [1.82, 2.24) is 4.57 Å². The summed E-state index contributed by atoms with van der Waals surface area (Å²) in [5, 5.41) is 15.8. The van der Waals surface area contributed by atoms with Gasteiger partial charge in [-0.2, -0.15) is 4.57 Å². The van der Waals surface area contributed by atoms with E-state index < -0.39 is 0 Å². The average molecular weight is 544 g/mol. The van der Waals surface area contributed by atoms with Crippen molar-refractivity contribution >= 4 is 68.5 Å². The predicted octanol–water partition coefficient (Wildman–Crippen LogP) is 4.03. The van der Waals surface area contributed by atoms with E-state index in [9.17, 15) is 14.9 Å². The van der Waals surface area contributed by atoms with Gasteiger partial charge in [0.15, 0.2) is 12.7 Å². The molecule has 35 heavy (non-hydrogen) atoms. The van der Waals surface area contributed by atoms with Crippen molar-refractivity contribution < 1.29 is 9.49 Å². The number of nitrogens with zero attached hydrogens (tertiary/aromatic N) is 4. The van der Waals surface area contributed by atoms with Gasteiger partial charge in [0.25, 0.3) is 16.3 Å². The van der Waals surface area contributed by atoms with Crippen molar-refractivity contribution in [3.63, 3.8) is 0 Å². The highest BCUT2D eigenvalue weighted by Gasteiger charge is 2.25. The second-order valence-corrected chi connectivity index (χ2v) is 11.2. The zero-order chi connectivity index (χ0) is 24.7. The molecule has 178 valence electrons. The lowest BCUT2D eigenvalue weighted by molar-refractivity contribution is -0.685. The Morgan fingerprint density at radius 2 is 2.03 bits per heavy atom. The average Bonchev–Trinajstić information content (AvgIpc) is 3.50. The standard InChI is InChI=1S/C24H20ClN4O3S3/c1-3-28-21(13-20-27(10-11-33-20)14-15-6-4-5-7-17(15)29(31)32)35-22(23(28)30)24-26(2)18-9-8-16(25)12-19(18)34-24/h4-13H,3,14H2,1-2H3/q+1/b24-22+. The number of para-hydroxylation sites is 1. The van der Waals surface area contributed by atoms with Crippen LogP contribution in [-0.2, 0) is 13.1 Å². The molecule has 0 N–H and O–H groups in total. The minimum atomic E-state index is -0.357. The molecule has 0 fully saturated rings. The van der Waals surface area contributed by atoms with Crippen LogP contribution in [0.2, 0.25) is 5.02 Å². The van der Waals surface area contributed by atoms with E-state index in [1.807, 2.05) is 59.3 Å². The van der Waals surface area contributed by atoms with Gasteiger partial charge < -0.3 is 4.90 Å². The van der Waals surface area contributed by atoms with Crippen LogP contribution in [0.3, 0.4) is 0 Å². The Morgan fingerprint density at radius 1 is 1.23 bits per heavy atom. The Kier molecular flexibility index (Phi) is 6.54. The number of aromatic nitrogens is 2. The van der Waals surface area contributed by atoms with Gasteiger partial charge in [-0.25, -0.2) is 0 Å². The van der Waals surface area contributed by atoms with Gasteiger partial charge in [0, 0.05) is 29.6 Å². The summed E-state index contributed by atoms with van der Waals surface area (Å²) >= 11 is 10.7. The fraction of sp³-hybridized carbons (Fsp3) is 0.167. The highest BCUT2D eigenvalue weighted by molar-refractivity contribution is 8.08. The van der Waals surface area contributed by atoms with Crippen LogP contribution in [0, 0.1) is 10.1 Å². The molecule has 4 aromatic rings. The van der Waals surface area contributed by atoms with Crippen LogP contribution in [0.15, 0.2) is 63.7 Å². The summed E-state index contributed by atoms with van der Waals surface area (Å²) in [4.78, 5) is 27.5. The molecule has 0 bridgehead atoms. The molecule has 0 spiro atoms. The predicted molar refractivity (Wildman–Crippen MR) is 143 cm³/mol. The number of nitro benzene ring substituents is 1. The first kappa shape index (κ1) is 23.8. The Hall–Kier alpha value is -2.92. The van der Waals surface area contributed by atoms with Crippen molar-refractivity contribution in [2.24, 2.45) is 0 Å². The van der Waals surface area contributed by atoms with E-state index in [4.69, 9.17) is 11.6 Å². The van der Waals surface area contributed by atoms with E-state index in [0.717, 1.165) is 25.3 Å². The summed E-state index contributed by atoms with van der Waals surface area (Å²) in [6.45, 7) is 2.86.